The normalized spacial score (nSPS) is 12.5. The molecule has 0 radical (unpaired) electrons. The van der Waals surface area contributed by atoms with E-state index in [4.69, 9.17) is 17.3 Å². The van der Waals surface area contributed by atoms with Crippen molar-refractivity contribution in [2.24, 2.45) is 17.6 Å². The Hall–Kier alpha value is -1.06. The van der Waals surface area contributed by atoms with Crippen molar-refractivity contribution in [3.05, 3.63) is 34.9 Å². The monoisotopic (exact) mass is 282 g/mol. The maximum Gasteiger partial charge on any atom is 0.227 e. The van der Waals surface area contributed by atoms with E-state index in [1.54, 1.807) is 0 Å². The number of rotatable bonds is 6. The summed E-state index contributed by atoms with van der Waals surface area (Å²) in [4.78, 5) is 14.3. The van der Waals surface area contributed by atoms with Gasteiger partial charge in [-0.3, -0.25) is 4.79 Å². The number of hydrogen-bond acceptors (Lipinski definition) is 2. The van der Waals surface area contributed by atoms with Gasteiger partial charge in [-0.15, -0.1) is 0 Å². The zero-order valence-electron chi connectivity index (χ0n) is 11.9. The average molecular weight is 283 g/mol. The van der Waals surface area contributed by atoms with E-state index in [1.165, 1.54) is 0 Å². The number of hydrogen-bond donors (Lipinski definition) is 1. The second-order valence-electron chi connectivity index (χ2n) is 5.07. The predicted molar refractivity (Wildman–Crippen MR) is 79.9 cm³/mol. The van der Waals surface area contributed by atoms with Crippen LogP contribution in [-0.4, -0.2) is 23.9 Å². The molecule has 4 heteroatoms. The topological polar surface area (TPSA) is 46.3 Å². The molecular formula is C15H23ClN2O. The zero-order chi connectivity index (χ0) is 14.4. The van der Waals surface area contributed by atoms with E-state index in [9.17, 15) is 4.79 Å². The van der Waals surface area contributed by atoms with Gasteiger partial charge in [0.25, 0.3) is 0 Å². The van der Waals surface area contributed by atoms with Crippen LogP contribution in [0.1, 0.15) is 26.3 Å². The second-order valence-corrected chi connectivity index (χ2v) is 5.50. The summed E-state index contributed by atoms with van der Waals surface area (Å²) in [5.41, 5.74) is 6.76. The minimum Gasteiger partial charge on any atom is -0.338 e. The van der Waals surface area contributed by atoms with Crippen LogP contribution in [0.4, 0.5) is 0 Å². The summed E-state index contributed by atoms with van der Waals surface area (Å²) in [6.07, 6.45) is 0. The van der Waals surface area contributed by atoms with Crippen LogP contribution in [0.3, 0.4) is 0 Å². The lowest BCUT2D eigenvalue weighted by molar-refractivity contribution is -0.137. The minimum absolute atomic E-state index is 0.112. The first kappa shape index (κ1) is 16.0. The summed E-state index contributed by atoms with van der Waals surface area (Å²) in [6.45, 7) is 7.69. The highest BCUT2D eigenvalue weighted by Crippen LogP contribution is 2.17. The van der Waals surface area contributed by atoms with Gasteiger partial charge in [0.15, 0.2) is 0 Å². The van der Waals surface area contributed by atoms with Gasteiger partial charge in [0.05, 0.1) is 5.92 Å². The molecule has 106 valence electrons. The quantitative estimate of drug-likeness (QED) is 0.872. The second kappa shape index (κ2) is 7.51. The van der Waals surface area contributed by atoms with Gasteiger partial charge in [0, 0.05) is 24.7 Å². The van der Waals surface area contributed by atoms with E-state index in [1.807, 2.05) is 49.9 Å². The minimum atomic E-state index is -0.112. The summed E-state index contributed by atoms with van der Waals surface area (Å²) < 4.78 is 0. The molecule has 1 rings (SSSR count). The number of nitrogens with zero attached hydrogens (tertiary/aromatic N) is 1. The van der Waals surface area contributed by atoms with Crippen LogP contribution in [0.2, 0.25) is 5.02 Å². The van der Waals surface area contributed by atoms with E-state index >= 15 is 0 Å². The summed E-state index contributed by atoms with van der Waals surface area (Å²) in [7, 11) is 0. The average Bonchev–Trinajstić information content (AvgIpc) is 2.36. The third-order valence-electron chi connectivity index (χ3n) is 3.33. The molecule has 0 saturated heterocycles. The molecule has 0 aliphatic rings. The standard InChI is InChI=1S/C15H23ClN2O/c1-4-18(15(19)14(9-17)11(2)3)10-12-6-5-7-13(16)8-12/h5-8,11,14H,4,9-10,17H2,1-3H3. The third kappa shape index (κ3) is 4.51. The lowest BCUT2D eigenvalue weighted by atomic mass is 9.94. The molecule has 1 atom stereocenters. The van der Waals surface area contributed by atoms with Gasteiger partial charge >= 0.3 is 0 Å². The molecule has 0 bridgehead atoms. The van der Waals surface area contributed by atoms with E-state index in [0.29, 0.717) is 24.7 Å². The molecular weight excluding hydrogens is 260 g/mol. The van der Waals surface area contributed by atoms with E-state index in [0.717, 1.165) is 5.56 Å². The summed E-state index contributed by atoms with van der Waals surface area (Å²) in [5.74, 6) is 0.269. The highest BCUT2D eigenvalue weighted by atomic mass is 35.5. The lowest BCUT2D eigenvalue weighted by Crippen LogP contribution is -2.40. The van der Waals surface area contributed by atoms with Crippen molar-refractivity contribution in [1.82, 2.24) is 4.90 Å². The fourth-order valence-electron chi connectivity index (χ4n) is 2.09. The van der Waals surface area contributed by atoms with Gasteiger partial charge in [-0.05, 0) is 30.5 Å². The number of carbonyl (C=O) groups is 1. The molecule has 0 fully saturated rings. The number of halogens is 1. The molecule has 1 unspecified atom stereocenters. The molecule has 19 heavy (non-hydrogen) atoms. The molecule has 0 saturated carbocycles. The lowest BCUT2D eigenvalue weighted by Gasteiger charge is -2.27. The Bertz CT molecular complexity index is 420. The molecule has 1 aromatic rings. The van der Waals surface area contributed by atoms with Crippen molar-refractivity contribution in [2.45, 2.75) is 27.3 Å². The van der Waals surface area contributed by atoms with E-state index < -0.39 is 0 Å². The highest BCUT2D eigenvalue weighted by Gasteiger charge is 2.25. The van der Waals surface area contributed by atoms with Crippen molar-refractivity contribution in [2.75, 3.05) is 13.1 Å². The molecule has 3 nitrogen and oxygen atoms in total. The number of benzene rings is 1. The molecule has 0 aliphatic carbocycles. The molecule has 2 N–H and O–H groups in total. The Morgan fingerprint density at radius 2 is 2.11 bits per heavy atom. The van der Waals surface area contributed by atoms with Crippen LogP contribution in [-0.2, 0) is 11.3 Å². The van der Waals surface area contributed by atoms with Crippen molar-refractivity contribution >= 4 is 17.5 Å². The summed E-state index contributed by atoms with van der Waals surface area (Å²) in [6, 6.07) is 7.61. The Labute approximate surface area is 120 Å². The first-order valence-electron chi connectivity index (χ1n) is 6.72. The Balaban J connectivity index is 2.80. The maximum absolute atomic E-state index is 12.4. The van der Waals surface area contributed by atoms with Crippen LogP contribution in [0, 0.1) is 11.8 Å². The van der Waals surface area contributed by atoms with E-state index in [-0.39, 0.29) is 17.7 Å². The van der Waals surface area contributed by atoms with Crippen molar-refractivity contribution in [3.8, 4) is 0 Å². The van der Waals surface area contributed by atoms with Gasteiger partial charge in [0.1, 0.15) is 0 Å². The Morgan fingerprint density at radius 3 is 2.58 bits per heavy atom. The first-order valence-corrected chi connectivity index (χ1v) is 7.10. The van der Waals surface area contributed by atoms with Crippen LogP contribution in [0.15, 0.2) is 24.3 Å². The van der Waals surface area contributed by atoms with Crippen LogP contribution in [0.25, 0.3) is 0 Å². The Kier molecular flexibility index (Phi) is 6.32. The van der Waals surface area contributed by atoms with Gasteiger partial charge in [0.2, 0.25) is 5.91 Å². The van der Waals surface area contributed by atoms with Gasteiger partial charge in [-0.25, -0.2) is 0 Å². The number of nitrogens with two attached hydrogens (primary N) is 1. The van der Waals surface area contributed by atoms with Crippen molar-refractivity contribution in [3.63, 3.8) is 0 Å². The summed E-state index contributed by atoms with van der Waals surface area (Å²) in [5, 5.41) is 0.695. The van der Waals surface area contributed by atoms with Crippen LogP contribution in [0.5, 0.6) is 0 Å². The molecule has 0 aliphatic heterocycles. The molecule has 0 heterocycles. The Morgan fingerprint density at radius 1 is 1.42 bits per heavy atom. The summed E-state index contributed by atoms with van der Waals surface area (Å²) >= 11 is 5.97. The predicted octanol–water partition coefficient (Wildman–Crippen LogP) is 2.92. The van der Waals surface area contributed by atoms with Gasteiger partial charge < -0.3 is 10.6 Å². The number of carbonyl (C=O) groups excluding carboxylic acids is 1. The highest BCUT2D eigenvalue weighted by molar-refractivity contribution is 6.30. The van der Waals surface area contributed by atoms with Gasteiger partial charge in [-0.1, -0.05) is 37.6 Å². The largest absolute Gasteiger partial charge is 0.338 e. The van der Waals surface area contributed by atoms with Gasteiger partial charge in [-0.2, -0.15) is 0 Å². The molecule has 1 amide bonds. The SMILES string of the molecule is CCN(Cc1cccc(Cl)c1)C(=O)C(CN)C(C)C. The fourth-order valence-corrected chi connectivity index (χ4v) is 2.31. The first-order chi connectivity index (χ1) is 8.99. The molecule has 1 aromatic carbocycles. The van der Waals surface area contributed by atoms with Crippen molar-refractivity contribution < 1.29 is 4.79 Å². The third-order valence-corrected chi connectivity index (χ3v) is 3.57. The molecule has 0 spiro atoms. The fraction of sp³-hybridized carbons (Fsp3) is 0.533. The smallest absolute Gasteiger partial charge is 0.227 e. The maximum atomic E-state index is 12.4. The number of amides is 1. The zero-order valence-corrected chi connectivity index (χ0v) is 12.7. The van der Waals surface area contributed by atoms with Crippen molar-refractivity contribution in [1.29, 1.82) is 0 Å². The van der Waals surface area contributed by atoms with E-state index in [2.05, 4.69) is 0 Å². The van der Waals surface area contributed by atoms with Crippen LogP contribution >= 0.6 is 11.6 Å². The van der Waals surface area contributed by atoms with Crippen LogP contribution < -0.4 is 5.73 Å². The molecule has 0 aromatic heterocycles.